The SMILES string of the molecule is CC(C)N(C)CC1NNC2CN(C(=O)c3ccc[nH]3)CCC21. The van der Waals surface area contributed by atoms with E-state index >= 15 is 0 Å². The Morgan fingerprint density at radius 1 is 1.45 bits per heavy atom. The number of hydrazine groups is 1. The van der Waals surface area contributed by atoms with E-state index in [9.17, 15) is 4.79 Å². The highest BCUT2D eigenvalue weighted by molar-refractivity contribution is 5.92. The molecule has 0 spiro atoms. The Bertz CT molecular complexity index is 501. The maximum absolute atomic E-state index is 12.4. The van der Waals surface area contributed by atoms with Crippen LogP contribution in [0, 0.1) is 5.92 Å². The molecule has 2 aliphatic rings. The fraction of sp³-hybridized carbons (Fsp3) is 0.688. The maximum atomic E-state index is 12.4. The molecular weight excluding hydrogens is 278 g/mol. The molecule has 2 fully saturated rings. The Balaban J connectivity index is 1.58. The van der Waals surface area contributed by atoms with Gasteiger partial charge in [-0.25, -0.2) is 0 Å². The second-order valence-electron chi connectivity index (χ2n) is 6.82. The van der Waals surface area contributed by atoms with E-state index in [1.54, 1.807) is 6.20 Å². The van der Waals surface area contributed by atoms with Crippen molar-refractivity contribution >= 4 is 5.91 Å². The van der Waals surface area contributed by atoms with Crippen molar-refractivity contribution in [2.24, 2.45) is 5.92 Å². The lowest BCUT2D eigenvalue weighted by Crippen LogP contribution is -2.50. The van der Waals surface area contributed by atoms with Gasteiger partial charge in [-0.3, -0.25) is 15.6 Å². The van der Waals surface area contributed by atoms with Crippen molar-refractivity contribution in [1.82, 2.24) is 25.6 Å². The van der Waals surface area contributed by atoms with Crippen LogP contribution in [-0.2, 0) is 0 Å². The molecule has 3 rings (SSSR count). The van der Waals surface area contributed by atoms with Crippen LogP contribution in [0.15, 0.2) is 18.3 Å². The molecule has 0 aromatic carbocycles. The number of amides is 1. The number of nitrogens with zero attached hydrogens (tertiary/aromatic N) is 2. The van der Waals surface area contributed by atoms with Crippen LogP contribution in [0.2, 0.25) is 0 Å². The van der Waals surface area contributed by atoms with Crippen molar-refractivity contribution in [3.05, 3.63) is 24.0 Å². The zero-order valence-corrected chi connectivity index (χ0v) is 13.7. The molecule has 6 nitrogen and oxygen atoms in total. The lowest BCUT2D eigenvalue weighted by molar-refractivity contribution is 0.0652. The second-order valence-corrected chi connectivity index (χ2v) is 6.82. The van der Waals surface area contributed by atoms with Gasteiger partial charge in [-0.15, -0.1) is 0 Å². The number of carbonyl (C=O) groups excluding carboxylic acids is 1. The summed E-state index contributed by atoms with van der Waals surface area (Å²) in [4.78, 5) is 19.8. The molecule has 2 aliphatic heterocycles. The van der Waals surface area contributed by atoms with E-state index in [1.807, 2.05) is 17.0 Å². The highest BCUT2D eigenvalue weighted by Gasteiger charge is 2.41. The lowest BCUT2D eigenvalue weighted by Gasteiger charge is -2.36. The first-order valence-corrected chi connectivity index (χ1v) is 8.20. The fourth-order valence-corrected chi connectivity index (χ4v) is 3.45. The van der Waals surface area contributed by atoms with Crippen LogP contribution in [0.25, 0.3) is 0 Å². The van der Waals surface area contributed by atoms with Crippen molar-refractivity contribution in [2.45, 2.75) is 38.4 Å². The number of carbonyl (C=O) groups is 1. The van der Waals surface area contributed by atoms with E-state index in [4.69, 9.17) is 0 Å². The summed E-state index contributed by atoms with van der Waals surface area (Å²) in [7, 11) is 2.17. The van der Waals surface area contributed by atoms with Gasteiger partial charge in [0.2, 0.25) is 0 Å². The van der Waals surface area contributed by atoms with Crippen LogP contribution < -0.4 is 10.9 Å². The Morgan fingerprint density at radius 2 is 2.27 bits per heavy atom. The quantitative estimate of drug-likeness (QED) is 0.765. The highest BCUT2D eigenvalue weighted by atomic mass is 16.2. The topological polar surface area (TPSA) is 63.4 Å². The number of hydrogen-bond donors (Lipinski definition) is 3. The molecule has 0 radical (unpaired) electrons. The molecule has 0 aliphatic carbocycles. The smallest absolute Gasteiger partial charge is 0.270 e. The molecule has 2 saturated heterocycles. The summed E-state index contributed by atoms with van der Waals surface area (Å²) in [5.74, 6) is 0.696. The zero-order chi connectivity index (χ0) is 15.7. The molecule has 22 heavy (non-hydrogen) atoms. The van der Waals surface area contributed by atoms with Gasteiger partial charge >= 0.3 is 0 Å². The van der Waals surface area contributed by atoms with Crippen molar-refractivity contribution < 1.29 is 4.79 Å². The summed E-state index contributed by atoms with van der Waals surface area (Å²) in [6, 6.07) is 5.07. The van der Waals surface area contributed by atoms with E-state index in [2.05, 4.69) is 41.6 Å². The summed E-state index contributed by atoms with van der Waals surface area (Å²) < 4.78 is 0. The fourth-order valence-electron chi connectivity index (χ4n) is 3.45. The van der Waals surface area contributed by atoms with Gasteiger partial charge in [0, 0.05) is 44.0 Å². The van der Waals surface area contributed by atoms with Crippen molar-refractivity contribution in [3.8, 4) is 0 Å². The number of H-pyrrole nitrogens is 1. The molecule has 1 aromatic rings. The van der Waals surface area contributed by atoms with Gasteiger partial charge in [0.05, 0.1) is 0 Å². The van der Waals surface area contributed by atoms with Crippen LogP contribution in [0.4, 0.5) is 0 Å². The number of fused-ring (bicyclic) bond motifs is 1. The average Bonchev–Trinajstić information content (AvgIpc) is 3.16. The largest absolute Gasteiger partial charge is 0.357 e. The standard InChI is InChI=1S/C16H27N5O/c1-11(2)20(3)9-14-12-6-8-21(10-15(12)19-18-14)16(22)13-5-4-7-17-13/h4-5,7,11-12,14-15,17-19H,6,8-10H2,1-3H3. The molecule has 6 heteroatoms. The first-order chi connectivity index (χ1) is 10.6. The van der Waals surface area contributed by atoms with Crippen LogP contribution in [0.5, 0.6) is 0 Å². The number of aromatic nitrogens is 1. The predicted molar refractivity (Wildman–Crippen MR) is 86.4 cm³/mol. The maximum Gasteiger partial charge on any atom is 0.270 e. The van der Waals surface area contributed by atoms with Gasteiger partial charge in [-0.1, -0.05) is 0 Å². The lowest BCUT2D eigenvalue weighted by atomic mass is 9.87. The number of likely N-dealkylation sites (N-methyl/N-ethyl adjacent to an activating group) is 1. The van der Waals surface area contributed by atoms with Gasteiger partial charge in [-0.05, 0) is 45.4 Å². The Kier molecular flexibility index (Phi) is 4.52. The third-order valence-electron chi connectivity index (χ3n) is 5.12. The Labute approximate surface area is 132 Å². The Hall–Kier alpha value is -1.37. The average molecular weight is 305 g/mol. The van der Waals surface area contributed by atoms with Gasteiger partial charge in [0.15, 0.2) is 0 Å². The highest BCUT2D eigenvalue weighted by Crippen LogP contribution is 2.26. The molecule has 3 N–H and O–H groups in total. The molecular formula is C16H27N5O. The van der Waals surface area contributed by atoms with Gasteiger partial charge in [0.25, 0.3) is 5.91 Å². The minimum absolute atomic E-state index is 0.105. The second kappa shape index (κ2) is 6.40. The number of rotatable bonds is 4. The van der Waals surface area contributed by atoms with E-state index in [0.29, 0.717) is 29.7 Å². The summed E-state index contributed by atoms with van der Waals surface area (Å²) in [5.41, 5.74) is 7.52. The van der Waals surface area contributed by atoms with E-state index in [1.165, 1.54) is 0 Å². The monoisotopic (exact) mass is 305 g/mol. The number of likely N-dealkylation sites (tertiary alicyclic amines) is 1. The zero-order valence-electron chi connectivity index (χ0n) is 13.7. The minimum Gasteiger partial charge on any atom is -0.357 e. The summed E-state index contributed by atoms with van der Waals surface area (Å²) in [6.45, 7) is 7.09. The summed E-state index contributed by atoms with van der Waals surface area (Å²) in [6.07, 6.45) is 2.85. The summed E-state index contributed by atoms with van der Waals surface area (Å²) in [5, 5.41) is 0. The third-order valence-corrected chi connectivity index (χ3v) is 5.12. The predicted octanol–water partition coefficient (Wildman–Crippen LogP) is 0.662. The first kappa shape index (κ1) is 15.5. The van der Waals surface area contributed by atoms with Gasteiger partial charge in [-0.2, -0.15) is 0 Å². The molecule has 122 valence electrons. The van der Waals surface area contributed by atoms with Gasteiger partial charge < -0.3 is 14.8 Å². The molecule has 0 bridgehead atoms. The van der Waals surface area contributed by atoms with Crippen LogP contribution in [0.1, 0.15) is 30.8 Å². The molecule has 1 amide bonds. The van der Waals surface area contributed by atoms with E-state index in [-0.39, 0.29) is 5.91 Å². The number of nitrogens with one attached hydrogen (secondary N) is 3. The van der Waals surface area contributed by atoms with Crippen molar-refractivity contribution in [3.63, 3.8) is 0 Å². The van der Waals surface area contributed by atoms with Crippen molar-refractivity contribution in [1.29, 1.82) is 0 Å². The van der Waals surface area contributed by atoms with Crippen molar-refractivity contribution in [2.75, 3.05) is 26.7 Å². The molecule has 3 unspecified atom stereocenters. The molecule has 0 saturated carbocycles. The molecule has 1 aromatic heterocycles. The Morgan fingerprint density at radius 3 is 2.95 bits per heavy atom. The van der Waals surface area contributed by atoms with Gasteiger partial charge in [0.1, 0.15) is 5.69 Å². The van der Waals surface area contributed by atoms with Crippen LogP contribution in [0.3, 0.4) is 0 Å². The number of piperidine rings is 1. The van der Waals surface area contributed by atoms with E-state index < -0.39 is 0 Å². The summed E-state index contributed by atoms with van der Waals surface area (Å²) >= 11 is 0. The third kappa shape index (κ3) is 3.04. The first-order valence-electron chi connectivity index (χ1n) is 8.20. The minimum atomic E-state index is 0.105. The number of aromatic amines is 1. The van der Waals surface area contributed by atoms with Crippen LogP contribution >= 0.6 is 0 Å². The molecule has 3 heterocycles. The van der Waals surface area contributed by atoms with Crippen LogP contribution in [-0.4, -0.2) is 65.5 Å². The molecule has 3 atom stereocenters. The normalized spacial score (nSPS) is 28.4. The van der Waals surface area contributed by atoms with E-state index in [0.717, 1.165) is 26.1 Å². The number of hydrogen-bond acceptors (Lipinski definition) is 4.